The summed E-state index contributed by atoms with van der Waals surface area (Å²) in [5.74, 6) is 0.941. The van der Waals surface area contributed by atoms with Gasteiger partial charge in [-0.15, -0.1) is 0 Å². The SMILES string of the molecule is CNC(CN(C)C)c1cccc(OC(C)C)c1. The fraction of sp³-hybridized carbons (Fsp3) is 0.571. The van der Waals surface area contributed by atoms with Crippen LogP contribution in [0.25, 0.3) is 0 Å². The highest BCUT2D eigenvalue weighted by Crippen LogP contribution is 2.20. The lowest BCUT2D eigenvalue weighted by Gasteiger charge is -2.21. The largest absolute Gasteiger partial charge is 0.491 e. The van der Waals surface area contributed by atoms with E-state index in [-0.39, 0.29) is 6.10 Å². The summed E-state index contributed by atoms with van der Waals surface area (Å²) in [4.78, 5) is 2.18. The van der Waals surface area contributed by atoms with Crippen LogP contribution in [0, 0.1) is 0 Å². The van der Waals surface area contributed by atoms with Gasteiger partial charge in [-0.05, 0) is 52.7 Å². The lowest BCUT2D eigenvalue weighted by molar-refractivity contribution is 0.242. The highest BCUT2D eigenvalue weighted by atomic mass is 16.5. The summed E-state index contributed by atoms with van der Waals surface area (Å²) >= 11 is 0. The Bertz CT molecular complexity index is 337. The maximum absolute atomic E-state index is 5.71. The quantitative estimate of drug-likeness (QED) is 0.820. The number of benzene rings is 1. The second-order valence-electron chi connectivity index (χ2n) is 4.84. The Labute approximate surface area is 105 Å². The Morgan fingerprint density at radius 1 is 1.29 bits per heavy atom. The van der Waals surface area contributed by atoms with Crippen LogP contribution in [0.5, 0.6) is 5.75 Å². The van der Waals surface area contributed by atoms with Crippen LogP contribution in [-0.2, 0) is 0 Å². The normalized spacial score (nSPS) is 13.1. The number of likely N-dealkylation sites (N-methyl/N-ethyl adjacent to an activating group) is 2. The monoisotopic (exact) mass is 236 g/mol. The number of hydrogen-bond donors (Lipinski definition) is 1. The van der Waals surface area contributed by atoms with E-state index >= 15 is 0 Å². The van der Waals surface area contributed by atoms with Crippen LogP contribution in [0.4, 0.5) is 0 Å². The molecule has 3 nitrogen and oxygen atoms in total. The molecule has 17 heavy (non-hydrogen) atoms. The molecule has 1 rings (SSSR count). The van der Waals surface area contributed by atoms with Crippen LogP contribution in [0.3, 0.4) is 0 Å². The second kappa shape index (κ2) is 6.62. The molecule has 0 aliphatic heterocycles. The Balaban J connectivity index is 2.81. The first-order valence-electron chi connectivity index (χ1n) is 6.11. The maximum Gasteiger partial charge on any atom is 0.120 e. The first-order chi connectivity index (χ1) is 8.02. The van der Waals surface area contributed by atoms with Crippen LogP contribution >= 0.6 is 0 Å². The molecule has 0 spiro atoms. The fourth-order valence-electron chi connectivity index (χ4n) is 1.81. The highest BCUT2D eigenvalue weighted by Gasteiger charge is 2.11. The molecular formula is C14H24N2O. The van der Waals surface area contributed by atoms with Gasteiger partial charge in [-0.25, -0.2) is 0 Å². The van der Waals surface area contributed by atoms with Crippen LogP contribution in [0.15, 0.2) is 24.3 Å². The highest BCUT2D eigenvalue weighted by molar-refractivity contribution is 5.31. The third-order valence-electron chi connectivity index (χ3n) is 2.53. The molecule has 0 aromatic heterocycles. The van der Waals surface area contributed by atoms with Gasteiger partial charge in [0.05, 0.1) is 6.10 Å². The smallest absolute Gasteiger partial charge is 0.120 e. The molecule has 1 N–H and O–H groups in total. The number of nitrogens with zero attached hydrogens (tertiary/aromatic N) is 1. The van der Waals surface area contributed by atoms with Gasteiger partial charge in [0, 0.05) is 12.6 Å². The van der Waals surface area contributed by atoms with Crippen molar-refractivity contribution in [2.75, 3.05) is 27.7 Å². The number of rotatable bonds is 6. The van der Waals surface area contributed by atoms with Crippen molar-refractivity contribution in [3.8, 4) is 5.75 Å². The zero-order valence-corrected chi connectivity index (χ0v) is 11.5. The van der Waals surface area contributed by atoms with Crippen molar-refractivity contribution in [3.63, 3.8) is 0 Å². The third kappa shape index (κ3) is 4.75. The number of nitrogens with one attached hydrogen (secondary N) is 1. The molecule has 1 aromatic carbocycles. The Morgan fingerprint density at radius 2 is 2.00 bits per heavy atom. The molecule has 0 saturated heterocycles. The molecule has 1 atom stereocenters. The predicted molar refractivity (Wildman–Crippen MR) is 72.6 cm³/mol. The third-order valence-corrected chi connectivity index (χ3v) is 2.53. The minimum atomic E-state index is 0.215. The van der Waals surface area contributed by atoms with Crippen molar-refractivity contribution in [1.82, 2.24) is 10.2 Å². The van der Waals surface area contributed by atoms with E-state index in [2.05, 4.69) is 36.4 Å². The van der Waals surface area contributed by atoms with Gasteiger partial charge in [-0.1, -0.05) is 12.1 Å². The zero-order chi connectivity index (χ0) is 12.8. The molecule has 1 unspecified atom stereocenters. The molecule has 0 heterocycles. The summed E-state index contributed by atoms with van der Waals surface area (Å²) in [7, 11) is 6.15. The van der Waals surface area contributed by atoms with Gasteiger partial charge in [0.1, 0.15) is 5.75 Å². The fourth-order valence-corrected chi connectivity index (χ4v) is 1.81. The molecule has 0 bridgehead atoms. The maximum atomic E-state index is 5.71. The number of ether oxygens (including phenoxy) is 1. The second-order valence-corrected chi connectivity index (χ2v) is 4.84. The van der Waals surface area contributed by atoms with Crippen LogP contribution in [0.2, 0.25) is 0 Å². The first-order valence-corrected chi connectivity index (χ1v) is 6.11. The zero-order valence-electron chi connectivity index (χ0n) is 11.5. The van der Waals surface area contributed by atoms with E-state index < -0.39 is 0 Å². The standard InChI is InChI=1S/C14H24N2O/c1-11(2)17-13-8-6-7-12(9-13)14(15-3)10-16(4)5/h6-9,11,14-15H,10H2,1-5H3. The summed E-state index contributed by atoms with van der Waals surface area (Å²) in [6, 6.07) is 8.64. The minimum Gasteiger partial charge on any atom is -0.491 e. The van der Waals surface area contributed by atoms with Gasteiger partial charge in [-0.3, -0.25) is 0 Å². The van der Waals surface area contributed by atoms with E-state index in [4.69, 9.17) is 4.74 Å². The summed E-state index contributed by atoms with van der Waals surface area (Å²) < 4.78 is 5.71. The molecule has 96 valence electrons. The van der Waals surface area contributed by atoms with Crippen molar-refractivity contribution < 1.29 is 4.74 Å². The molecule has 1 aromatic rings. The average Bonchev–Trinajstić information content (AvgIpc) is 2.25. The van der Waals surface area contributed by atoms with Crippen molar-refractivity contribution in [3.05, 3.63) is 29.8 Å². The Hall–Kier alpha value is -1.06. The molecule has 3 heteroatoms. The molecule has 0 radical (unpaired) electrons. The lowest BCUT2D eigenvalue weighted by atomic mass is 10.1. The van der Waals surface area contributed by atoms with E-state index in [0.717, 1.165) is 12.3 Å². The summed E-state index contributed by atoms with van der Waals surface area (Å²) in [6.45, 7) is 5.06. The van der Waals surface area contributed by atoms with Gasteiger partial charge in [-0.2, -0.15) is 0 Å². The Kier molecular flexibility index (Phi) is 5.45. The van der Waals surface area contributed by atoms with E-state index in [1.165, 1.54) is 5.56 Å². The van der Waals surface area contributed by atoms with Crippen molar-refractivity contribution in [2.24, 2.45) is 0 Å². The summed E-state index contributed by atoms with van der Waals surface area (Å²) in [5.41, 5.74) is 1.26. The number of hydrogen-bond acceptors (Lipinski definition) is 3. The predicted octanol–water partition coefficient (Wildman–Crippen LogP) is 2.30. The van der Waals surface area contributed by atoms with Gasteiger partial charge in [0.15, 0.2) is 0 Å². The van der Waals surface area contributed by atoms with Gasteiger partial charge >= 0.3 is 0 Å². The van der Waals surface area contributed by atoms with Gasteiger partial charge < -0.3 is 15.0 Å². The molecular weight excluding hydrogens is 212 g/mol. The molecule has 0 amide bonds. The lowest BCUT2D eigenvalue weighted by Crippen LogP contribution is -2.28. The van der Waals surface area contributed by atoms with Crippen molar-refractivity contribution >= 4 is 0 Å². The summed E-state index contributed by atoms with van der Waals surface area (Å²) in [5, 5.41) is 3.33. The molecule has 0 fully saturated rings. The van der Waals surface area contributed by atoms with Crippen molar-refractivity contribution in [2.45, 2.75) is 26.0 Å². The van der Waals surface area contributed by atoms with E-state index in [9.17, 15) is 0 Å². The van der Waals surface area contributed by atoms with Gasteiger partial charge in [0.25, 0.3) is 0 Å². The topological polar surface area (TPSA) is 24.5 Å². The van der Waals surface area contributed by atoms with Crippen LogP contribution in [-0.4, -0.2) is 38.7 Å². The van der Waals surface area contributed by atoms with Crippen LogP contribution in [0.1, 0.15) is 25.5 Å². The van der Waals surface area contributed by atoms with E-state index in [1.807, 2.05) is 33.0 Å². The summed E-state index contributed by atoms with van der Waals surface area (Å²) in [6.07, 6.45) is 0.215. The van der Waals surface area contributed by atoms with E-state index in [1.54, 1.807) is 0 Å². The Morgan fingerprint density at radius 3 is 2.53 bits per heavy atom. The van der Waals surface area contributed by atoms with Crippen LogP contribution < -0.4 is 10.1 Å². The van der Waals surface area contributed by atoms with E-state index in [0.29, 0.717) is 6.04 Å². The van der Waals surface area contributed by atoms with Gasteiger partial charge in [0.2, 0.25) is 0 Å². The molecule has 0 saturated carbocycles. The molecule has 0 aliphatic rings. The average molecular weight is 236 g/mol. The minimum absolute atomic E-state index is 0.215. The first kappa shape index (κ1) is 14.0. The molecule has 0 aliphatic carbocycles. The van der Waals surface area contributed by atoms with Crippen molar-refractivity contribution in [1.29, 1.82) is 0 Å².